The number of fused-ring (bicyclic) bond motifs is 1. The van der Waals surface area contributed by atoms with Gasteiger partial charge in [0.05, 0.1) is 28.8 Å². The molecule has 0 aromatic carbocycles. The van der Waals surface area contributed by atoms with Crippen LogP contribution in [-0.2, 0) is 10.0 Å². The molecule has 0 saturated heterocycles. The van der Waals surface area contributed by atoms with Crippen LogP contribution in [0, 0.1) is 0 Å². The summed E-state index contributed by atoms with van der Waals surface area (Å²) in [5.74, 6) is 0.471. The van der Waals surface area contributed by atoms with Crippen LogP contribution in [0.25, 0.3) is 22.3 Å². The van der Waals surface area contributed by atoms with E-state index in [-0.39, 0.29) is 10.9 Å². The van der Waals surface area contributed by atoms with E-state index >= 15 is 0 Å². The molecule has 3 heterocycles. The number of nitrogens with one attached hydrogen (secondary N) is 1. The third kappa shape index (κ3) is 3.97. The van der Waals surface area contributed by atoms with E-state index in [1.807, 2.05) is 12.3 Å². The van der Waals surface area contributed by atoms with E-state index in [4.69, 9.17) is 5.73 Å². The monoisotopic (exact) mass is 479 g/mol. The molecule has 3 aromatic rings. The first kappa shape index (κ1) is 22.1. The Morgan fingerprint density at radius 1 is 1.15 bits per heavy atom. The first-order chi connectivity index (χ1) is 15.6. The highest BCUT2D eigenvalue weighted by Gasteiger charge is 2.39. The molecule has 0 radical (unpaired) electrons. The van der Waals surface area contributed by atoms with Crippen LogP contribution in [0.1, 0.15) is 56.7 Å². The Morgan fingerprint density at radius 2 is 1.88 bits per heavy atom. The first-order valence-corrected chi connectivity index (χ1v) is 12.4. The molecule has 7 nitrogen and oxygen atoms in total. The molecule has 5 rings (SSSR count). The molecular formula is C22H24F3N5O2S. The number of alkyl halides is 3. The topological polar surface area (TPSA) is 103 Å². The van der Waals surface area contributed by atoms with Crippen molar-refractivity contribution in [1.29, 1.82) is 0 Å². The molecule has 2 aliphatic rings. The summed E-state index contributed by atoms with van der Waals surface area (Å²) in [5, 5.41) is 0.896. The third-order valence-electron chi connectivity index (χ3n) is 6.50. The zero-order valence-corrected chi connectivity index (χ0v) is 18.7. The fourth-order valence-corrected chi connectivity index (χ4v) is 5.36. The molecule has 0 unspecified atom stereocenters. The normalized spacial score (nSPS) is 18.4. The molecule has 2 fully saturated rings. The average Bonchev–Trinajstić information content (AvgIpc) is 3.52. The zero-order chi connectivity index (χ0) is 23.5. The summed E-state index contributed by atoms with van der Waals surface area (Å²) in [6.45, 7) is 0.751. The lowest BCUT2D eigenvalue weighted by atomic mass is 9.92. The van der Waals surface area contributed by atoms with Gasteiger partial charge in [-0.05, 0) is 57.2 Å². The molecule has 2 aliphatic carbocycles. The molecule has 2 saturated carbocycles. The van der Waals surface area contributed by atoms with Gasteiger partial charge in [0.2, 0.25) is 10.0 Å². The summed E-state index contributed by atoms with van der Waals surface area (Å²) < 4.78 is 67.0. The summed E-state index contributed by atoms with van der Waals surface area (Å²) in [6.07, 6.45) is 3.55. The second-order valence-electron chi connectivity index (χ2n) is 8.88. The second-order valence-corrected chi connectivity index (χ2v) is 10.6. The van der Waals surface area contributed by atoms with Gasteiger partial charge in [0.25, 0.3) is 0 Å². The third-order valence-corrected chi connectivity index (χ3v) is 8.02. The van der Waals surface area contributed by atoms with E-state index in [1.165, 1.54) is 12.1 Å². The van der Waals surface area contributed by atoms with Gasteiger partial charge in [-0.1, -0.05) is 0 Å². The summed E-state index contributed by atoms with van der Waals surface area (Å²) in [4.78, 5) is 8.58. The number of nitrogens with two attached hydrogens (primary N) is 1. The minimum Gasteiger partial charge on any atom is -0.396 e. The van der Waals surface area contributed by atoms with E-state index in [1.54, 1.807) is 4.72 Å². The van der Waals surface area contributed by atoms with Crippen LogP contribution in [0.5, 0.6) is 0 Å². The summed E-state index contributed by atoms with van der Waals surface area (Å²) in [7, 11) is -4.39. The van der Waals surface area contributed by atoms with Crippen LogP contribution < -0.4 is 10.5 Å². The number of anilines is 1. The number of nitrogen functional groups attached to an aromatic ring is 1. The van der Waals surface area contributed by atoms with Crippen LogP contribution in [0.2, 0.25) is 0 Å². The SMILES string of the molecule is C[C@H](NS(=O)(=O)c1ccc(-c2c(N)c3cc(C4CC4)ncc3n2C2CCC2)nc1)C(F)(F)F. The maximum absolute atomic E-state index is 12.8. The van der Waals surface area contributed by atoms with Gasteiger partial charge >= 0.3 is 6.18 Å². The van der Waals surface area contributed by atoms with Crippen LogP contribution in [0.4, 0.5) is 18.9 Å². The Bertz CT molecular complexity index is 1310. The van der Waals surface area contributed by atoms with Crippen LogP contribution in [0.15, 0.2) is 35.5 Å². The van der Waals surface area contributed by atoms with Crippen molar-refractivity contribution >= 4 is 26.6 Å². The Labute approximate surface area is 189 Å². The van der Waals surface area contributed by atoms with Crippen molar-refractivity contribution in [2.24, 2.45) is 0 Å². The molecule has 0 bridgehead atoms. The maximum atomic E-state index is 12.8. The first-order valence-electron chi connectivity index (χ1n) is 10.9. The highest BCUT2D eigenvalue weighted by Crippen LogP contribution is 2.45. The molecule has 3 aromatic heterocycles. The summed E-state index contributed by atoms with van der Waals surface area (Å²) in [6, 6.07) is 2.80. The van der Waals surface area contributed by atoms with E-state index in [9.17, 15) is 21.6 Å². The molecular weight excluding hydrogens is 455 g/mol. The van der Waals surface area contributed by atoms with E-state index in [0.29, 0.717) is 23.0 Å². The molecule has 0 spiro atoms. The Hall–Kier alpha value is -2.66. The second kappa shape index (κ2) is 7.69. The molecule has 176 valence electrons. The standard InChI is InChI=1S/C22H24F3N5O2S/c1-12(22(23,24)25)29-33(31,32)15-7-8-17(27-10-15)21-20(26)16-9-18(13-5-6-13)28-11-19(16)30(21)14-3-2-4-14/h7-14,29H,2-6,26H2,1H3/t12-/m0/s1. The van der Waals surface area contributed by atoms with Gasteiger partial charge in [-0.15, -0.1) is 0 Å². The minimum atomic E-state index is -4.69. The van der Waals surface area contributed by atoms with Gasteiger partial charge in [-0.2, -0.15) is 17.9 Å². The van der Waals surface area contributed by atoms with E-state index < -0.39 is 22.2 Å². The van der Waals surface area contributed by atoms with Gasteiger partial charge in [0.1, 0.15) is 10.9 Å². The summed E-state index contributed by atoms with van der Waals surface area (Å²) >= 11 is 0. The number of rotatable bonds is 6. The Morgan fingerprint density at radius 3 is 2.42 bits per heavy atom. The number of sulfonamides is 1. The quantitative estimate of drug-likeness (QED) is 0.542. The number of halogens is 3. The molecule has 0 aliphatic heterocycles. The van der Waals surface area contributed by atoms with Crippen molar-refractivity contribution in [3.8, 4) is 11.4 Å². The number of nitrogens with zero attached hydrogens (tertiary/aromatic N) is 3. The van der Waals surface area contributed by atoms with Crippen molar-refractivity contribution < 1.29 is 21.6 Å². The molecule has 11 heteroatoms. The van der Waals surface area contributed by atoms with Crippen LogP contribution in [-0.4, -0.2) is 35.2 Å². The predicted octanol–water partition coefficient (Wildman–Crippen LogP) is 4.51. The number of hydrogen-bond acceptors (Lipinski definition) is 5. The lowest BCUT2D eigenvalue weighted by Gasteiger charge is -2.30. The van der Waals surface area contributed by atoms with Crippen LogP contribution in [0.3, 0.4) is 0 Å². The zero-order valence-electron chi connectivity index (χ0n) is 17.9. The summed E-state index contributed by atoms with van der Waals surface area (Å²) in [5.41, 5.74) is 10.2. The fourth-order valence-electron chi connectivity index (χ4n) is 4.18. The van der Waals surface area contributed by atoms with E-state index in [2.05, 4.69) is 14.5 Å². The smallest absolute Gasteiger partial charge is 0.396 e. The lowest BCUT2D eigenvalue weighted by Crippen LogP contribution is -2.42. The molecule has 3 N–H and O–H groups in total. The van der Waals surface area contributed by atoms with Crippen molar-refractivity contribution in [3.05, 3.63) is 36.3 Å². The van der Waals surface area contributed by atoms with Gasteiger partial charge in [0, 0.05) is 29.2 Å². The molecule has 33 heavy (non-hydrogen) atoms. The Balaban J connectivity index is 1.54. The van der Waals surface area contributed by atoms with Gasteiger partial charge in [0.15, 0.2) is 0 Å². The van der Waals surface area contributed by atoms with Gasteiger partial charge < -0.3 is 10.3 Å². The largest absolute Gasteiger partial charge is 0.404 e. The lowest BCUT2D eigenvalue weighted by molar-refractivity contribution is -0.147. The van der Waals surface area contributed by atoms with Crippen molar-refractivity contribution in [2.75, 3.05) is 5.73 Å². The molecule has 1 atom stereocenters. The maximum Gasteiger partial charge on any atom is 0.404 e. The Kier molecular flexibility index (Phi) is 5.16. The number of hydrogen-bond donors (Lipinski definition) is 2. The van der Waals surface area contributed by atoms with Crippen LogP contribution >= 0.6 is 0 Å². The predicted molar refractivity (Wildman–Crippen MR) is 118 cm³/mol. The molecule has 0 amide bonds. The van der Waals surface area contributed by atoms with Gasteiger partial charge in [-0.25, -0.2) is 8.42 Å². The fraction of sp³-hybridized carbons (Fsp3) is 0.455. The number of pyridine rings is 2. The van der Waals surface area contributed by atoms with Crippen molar-refractivity contribution in [2.45, 2.75) is 68.1 Å². The number of aromatic nitrogens is 3. The average molecular weight is 480 g/mol. The minimum absolute atomic E-state index is 0.243. The van der Waals surface area contributed by atoms with Gasteiger partial charge in [-0.3, -0.25) is 9.97 Å². The highest BCUT2D eigenvalue weighted by atomic mass is 32.2. The van der Waals surface area contributed by atoms with Crippen molar-refractivity contribution in [1.82, 2.24) is 19.3 Å². The van der Waals surface area contributed by atoms with E-state index in [0.717, 1.165) is 61.8 Å². The highest BCUT2D eigenvalue weighted by molar-refractivity contribution is 7.89. The van der Waals surface area contributed by atoms with Crippen molar-refractivity contribution in [3.63, 3.8) is 0 Å².